The van der Waals surface area contributed by atoms with Gasteiger partial charge >= 0.3 is 10.4 Å². The highest BCUT2D eigenvalue weighted by atomic mass is 32.3. The minimum absolute atomic E-state index is 0.533. The lowest BCUT2D eigenvalue weighted by molar-refractivity contribution is 0.381. The summed E-state index contributed by atoms with van der Waals surface area (Å²) >= 11 is 0. The number of rotatable bonds is 6. The van der Waals surface area contributed by atoms with Gasteiger partial charge in [-0.2, -0.15) is 8.42 Å². The zero-order chi connectivity index (χ0) is 19.3. The van der Waals surface area contributed by atoms with E-state index in [1.54, 1.807) is 0 Å². The van der Waals surface area contributed by atoms with Gasteiger partial charge in [-0.05, 0) is 63.3 Å². The van der Waals surface area contributed by atoms with Crippen LogP contribution in [0.15, 0.2) is 30.5 Å². The molecule has 0 amide bonds. The molecule has 2 rings (SSSR count). The minimum Gasteiger partial charge on any atom is -0.361 e. The van der Waals surface area contributed by atoms with Gasteiger partial charge in [-0.1, -0.05) is 6.07 Å². The lowest BCUT2D eigenvalue weighted by Crippen LogP contribution is -2.28. The Morgan fingerprint density at radius 3 is 2.28 bits per heavy atom. The van der Waals surface area contributed by atoms with Crippen molar-refractivity contribution in [1.82, 2.24) is 14.6 Å². The molecule has 0 saturated carbocycles. The SMILES string of the molecule is CNS(=O)(=O)C(CCN(C)C)c1ccc2[nH]ccc2c1.O=S(=O)(O)O. The highest BCUT2D eigenvalue weighted by Crippen LogP contribution is 2.28. The van der Waals surface area contributed by atoms with Crippen molar-refractivity contribution >= 4 is 31.3 Å². The Labute approximate surface area is 147 Å². The molecule has 142 valence electrons. The smallest absolute Gasteiger partial charge is 0.361 e. The second kappa shape index (κ2) is 8.74. The quantitative estimate of drug-likeness (QED) is 0.538. The van der Waals surface area contributed by atoms with Crippen molar-refractivity contribution in [1.29, 1.82) is 0 Å². The largest absolute Gasteiger partial charge is 0.394 e. The van der Waals surface area contributed by atoms with E-state index in [2.05, 4.69) is 9.71 Å². The molecule has 0 bridgehead atoms. The van der Waals surface area contributed by atoms with Crippen molar-refractivity contribution < 1.29 is 25.9 Å². The van der Waals surface area contributed by atoms with Crippen LogP contribution in [-0.4, -0.2) is 63.5 Å². The monoisotopic (exact) mass is 393 g/mol. The molecule has 1 aromatic carbocycles. The number of aromatic amines is 1. The summed E-state index contributed by atoms with van der Waals surface area (Å²) in [6.07, 6.45) is 2.42. The first-order chi connectivity index (χ1) is 11.4. The standard InChI is InChI=1S/C14H21N3O2S.H2O4S/c1-15-20(18,19)14(7-9-17(2)3)12-4-5-13-11(10-12)6-8-16-13;1-5(2,3)4/h4-6,8,10,14-16H,7,9H2,1-3H3;(H2,1,2,3,4). The molecule has 0 aliphatic rings. The van der Waals surface area contributed by atoms with E-state index in [1.165, 1.54) is 7.05 Å². The van der Waals surface area contributed by atoms with Gasteiger partial charge in [0.15, 0.2) is 0 Å². The number of nitrogens with zero attached hydrogens (tertiary/aromatic N) is 1. The average Bonchev–Trinajstić information content (AvgIpc) is 2.92. The fourth-order valence-corrected chi connectivity index (χ4v) is 3.50. The van der Waals surface area contributed by atoms with Gasteiger partial charge < -0.3 is 9.88 Å². The zero-order valence-corrected chi connectivity index (χ0v) is 15.8. The molecule has 0 spiro atoms. The molecular formula is C14H23N3O6S2. The van der Waals surface area contributed by atoms with Crippen LogP contribution in [0, 0.1) is 0 Å². The molecule has 0 saturated heterocycles. The molecule has 0 radical (unpaired) electrons. The highest BCUT2D eigenvalue weighted by Gasteiger charge is 2.25. The first-order valence-corrected chi connectivity index (χ1v) is 10.2. The molecule has 0 aliphatic heterocycles. The van der Waals surface area contributed by atoms with Crippen molar-refractivity contribution in [2.75, 3.05) is 27.7 Å². The molecule has 1 unspecified atom stereocenters. The summed E-state index contributed by atoms with van der Waals surface area (Å²) in [6.45, 7) is 0.719. The van der Waals surface area contributed by atoms with Gasteiger partial charge in [-0.15, -0.1) is 0 Å². The first kappa shape index (κ1) is 21.5. The Bertz CT molecular complexity index is 882. The van der Waals surface area contributed by atoms with E-state index >= 15 is 0 Å². The molecular weight excluding hydrogens is 370 g/mol. The predicted molar refractivity (Wildman–Crippen MR) is 96.4 cm³/mol. The van der Waals surface area contributed by atoms with Crippen LogP contribution >= 0.6 is 0 Å². The number of aromatic nitrogens is 1. The molecule has 2 aromatic rings. The summed E-state index contributed by atoms with van der Waals surface area (Å²) in [6, 6.07) is 7.71. The Morgan fingerprint density at radius 1 is 1.16 bits per heavy atom. The topological polar surface area (TPSA) is 140 Å². The summed E-state index contributed by atoms with van der Waals surface area (Å²) < 4.78 is 58.5. The predicted octanol–water partition coefficient (Wildman–Crippen LogP) is 1.06. The summed E-state index contributed by atoms with van der Waals surface area (Å²) in [5.41, 5.74) is 1.84. The van der Waals surface area contributed by atoms with Gasteiger partial charge in [0, 0.05) is 11.7 Å². The van der Waals surface area contributed by atoms with Gasteiger partial charge in [0.05, 0.1) is 0 Å². The normalized spacial score (nSPS) is 13.5. The van der Waals surface area contributed by atoms with Crippen LogP contribution in [-0.2, 0) is 20.4 Å². The Morgan fingerprint density at radius 2 is 1.76 bits per heavy atom. The van der Waals surface area contributed by atoms with Crippen LogP contribution in [0.4, 0.5) is 0 Å². The average molecular weight is 393 g/mol. The van der Waals surface area contributed by atoms with Gasteiger partial charge in [-0.3, -0.25) is 9.11 Å². The number of H-pyrrole nitrogens is 1. The molecule has 1 heterocycles. The molecule has 9 nitrogen and oxygen atoms in total. The second-order valence-corrected chi connectivity index (χ2v) is 8.56. The molecule has 1 aromatic heterocycles. The summed E-state index contributed by atoms with van der Waals surface area (Å²) in [7, 11) is -2.66. The molecule has 11 heteroatoms. The third-order valence-electron chi connectivity index (χ3n) is 3.45. The van der Waals surface area contributed by atoms with Crippen LogP contribution in [0.1, 0.15) is 17.2 Å². The molecule has 0 aliphatic carbocycles. The molecule has 0 fully saturated rings. The molecule has 1 atom stereocenters. The number of fused-ring (bicyclic) bond motifs is 1. The lowest BCUT2D eigenvalue weighted by atomic mass is 10.1. The van der Waals surface area contributed by atoms with Crippen LogP contribution in [0.25, 0.3) is 10.9 Å². The number of hydrogen-bond acceptors (Lipinski definition) is 5. The second-order valence-electron chi connectivity index (χ2n) is 5.60. The summed E-state index contributed by atoms with van der Waals surface area (Å²) in [4.78, 5) is 5.11. The Hall–Kier alpha value is -1.50. The van der Waals surface area contributed by atoms with Crippen molar-refractivity contribution in [3.63, 3.8) is 0 Å². The van der Waals surface area contributed by atoms with E-state index in [1.807, 2.05) is 49.5 Å². The van der Waals surface area contributed by atoms with Crippen LogP contribution in [0.5, 0.6) is 0 Å². The zero-order valence-electron chi connectivity index (χ0n) is 14.2. The fraction of sp³-hybridized carbons (Fsp3) is 0.429. The molecule has 4 N–H and O–H groups in total. The summed E-state index contributed by atoms with van der Waals surface area (Å²) in [5, 5.41) is 0.498. The Kier molecular flexibility index (Phi) is 7.53. The van der Waals surface area contributed by atoms with Crippen molar-refractivity contribution in [2.45, 2.75) is 11.7 Å². The molecule has 25 heavy (non-hydrogen) atoms. The number of sulfonamides is 1. The maximum absolute atomic E-state index is 12.2. The van der Waals surface area contributed by atoms with Gasteiger partial charge in [0.1, 0.15) is 5.25 Å². The van der Waals surface area contributed by atoms with E-state index < -0.39 is 25.7 Å². The van der Waals surface area contributed by atoms with Gasteiger partial charge in [-0.25, -0.2) is 13.1 Å². The lowest BCUT2D eigenvalue weighted by Gasteiger charge is -2.19. The fourth-order valence-electron chi connectivity index (χ4n) is 2.29. The summed E-state index contributed by atoms with van der Waals surface area (Å²) in [5.74, 6) is 0. The van der Waals surface area contributed by atoms with E-state index in [9.17, 15) is 8.42 Å². The third kappa shape index (κ3) is 7.50. The maximum Gasteiger partial charge on any atom is 0.394 e. The number of benzene rings is 1. The van der Waals surface area contributed by atoms with Crippen molar-refractivity contribution in [3.05, 3.63) is 36.0 Å². The third-order valence-corrected chi connectivity index (χ3v) is 5.27. The van der Waals surface area contributed by atoms with Gasteiger partial charge in [0.25, 0.3) is 0 Å². The number of hydrogen-bond donors (Lipinski definition) is 4. The highest BCUT2D eigenvalue weighted by molar-refractivity contribution is 7.89. The van der Waals surface area contributed by atoms with E-state index in [-0.39, 0.29) is 0 Å². The van der Waals surface area contributed by atoms with E-state index in [4.69, 9.17) is 17.5 Å². The van der Waals surface area contributed by atoms with E-state index in [0.717, 1.165) is 23.0 Å². The van der Waals surface area contributed by atoms with Crippen LogP contribution in [0.2, 0.25) is 0 Å². The maximum atomic E-state index is 12.2. The van der Waals surface area contributed by atoms with Crippen LogP contribution in [0.3, 0.4) is 0 Å². The van der Waals surface area contributed by atoms with Crippen LogP contribution < -0.4 is 4.72 Å². The van der Waals surface area contributed by atoms with Gasteiger partial charge in [0.2, 0.25) is 10.0 Å². The van der Waals surface area contributed by atoms with Crippen molar-refractivity contribution in [3.8, 4) is 0 Å². The first-order valence-electron chi connectivity index (χ1n) is 7.28. The van der Waals surface area contributed by atoms with Crippen molar-refractivity contribution in [2.24, 2.45) is 0 Å². The van der Waals surface area contributed by atoms with E-state index in [0.29, 0.717) is 6.42 Å². The number of nitrogens with one attached hydrogen (secondary N) is 2. The Balaban J connectivity index is 0.000000550. The minimum atomic E-state index is -4.67.